The van der Waals surface area contributed by atoms with Gasteiger partial charge < -0.3 is 0 Å². The van der Waals surface area contributed by atoms with Gasteiger partial charge in [0.05, 0.1) is 0 Å². The van der Waals surface area contributed by atoms with Crippen LogP contribution in [0.5, 0.6) is 0 Å². The zero-order valence-corrected chi connectivity index (χ0v) is 6.73. The van der Waals surface area contributed by atoms with E-state index in [0.717, 1.165) is 0 Å². The average Bonchev–Trinajstić information content (AvgIpc) is 1.61. The van der Waals surface area contributed by atoms with Gasteiger partial charge in [-0.1, -0.05) is 0 Å². The second-order valence-electron chi connectivity index (χ2n) is 0.987. The van der Waals surface area contributed by atoms with Gasteiger partial charge in [0.1, 0.15) is 0 Å². The summed E-state index contributed by atoms with van der Waals surface area (Å²) in [6.07, 6.45) is 3.31. The Bertz CT molecular complexity index is 105. The van der Waals surface area contributed by atoms with E-state index >= 15 is 0 Å². The molecule has 0 aromatic rings. The summed E-state index contributed by atoms with van der Waals surface area (Å²) in [5.74, 6) is 0.109. The molecular formula is C5H6OW. The molecule has 0 spiro atoms. The molecule has 0 rings (SSSR count). The Kier molecular flexibility index (Phi) is 3.92. The van der Waals surface area contributed by atoms with E-state index < -0.39 is 0 Å². The molecule has 0 bridgehead atoms. The molecule has 7 heavy (non-hydrogen) atoms. The van der Waals surface area contributed by atoms with E-state index in [-0.39, 0.29) is 5.76 Å². The topological polar surface area (TPSA) is 20.2 Å². The molecular weight excluding hydrogens is 260 g/mol. The van der Waals surface area contributed by atoms with Crippen LogP contribution in [-0.4, -0.2) is 9.51 Å². The molecule has 0 aliphatic carbocycles. The van der Waals surface area contributed by atoms with Crippen molar-refractivity contribution in [3.05, 3.63) is 24.5 Å². The Morgan fingerprint density at radius 1 is 1.71 bits per heavy atom. The summed E-state index contributed by atoms with van der Waals surface area (Å²) in [5.41, 5.74) is 0. The van der Waals surface area contributed by atoms with Crippen LogP contribution in [0.25, 0.3) is 0 Å². The molecule has 0 atom stereocenters. The zero-order chi connectivity index (χ0) is 5.70. The van der Waals surface area contributed by atoms with E-state index in [1.807, 2.05) is 4.40 Å². The molecule has 0 heterocycles. The first kappa shape index (κ1) is 6.84. The summed E-state index contributed by atoms with van der Waals surface area (Å²) in [7, 11) is 0. The summed E-state index contributed by atoms with van der Waals surface area (Å²) in [6.45, 7) is 3.25. The second kappa shape index (κ2) is 4.01. The first-order valence-electron chi connectivity index (χ1n) is 1.77. The molecule has 0 aromatic heterocycles. The van der Waals surface area contributed by atoms with Gasteiger partial charge in [-0.15, -0.1) is 0 Å². The molecule has 0 aliphatic rings. The molecule has 0 amide bonds. The Hall–Kier alpha value is -0.162. The van der Waals surface area contributed by atoms with Gasteiger partial charge in [0.15, 0.2) is 0 Å². The zero-order valence-electron chi connectivity index (χ0n) is 3.79. The van der Waals surface area contributed by atoms with Crippen LogP contribution in [0.1, 0.15) is 0 Å². The van der Waals surface area contributed by atoms with Crippen molar-refractivity contribution in [3.63, 3.8) is 0 Å². The van der Waals surface area contributed by atoms with Crippen molar-refractivity contribution >= 4 is 4.40 Å². The van der Waals surface area contributed by atoms with Crippen LogP contribution in [0.15, 0.2) is 24.5 Å². The molecule has 1 N–H and O–H groups in total. The van der Waals surface area contributed by atoms with Crippen molar-refractivity contribution < 1.29 is 24.5 Å². The van der Waals surface area contributed by atoms with E-state index in [1.54, 1.807) is 12.2 Å². The summed E-state index contributed by atoms with van der Waals surface area (Å²) < 4.78 is 1.90. The number of allylic oxidation sites excluding steroid dienone is 2. The number of aliphatic hydroxyl groups is 1. The quantitative estimate of drug-likeness (QED) is 0.583. The van der Waals surface area contributed by atoms with Crippen LogP contribution >= 0.6 is 0 Å². The summed E-state index contributed by atoms with van der Waals surface area (Å²) in [4.78, 5) is 0. The van der Waals surface area contributed by atoms with Crippen LogP contribution < -0.4 is 0 Å². The van der Waals surface area contributed by atoms with Crippen molar-refractivity contribution in [1.29, 1.82) is 0 Å². The van der Waals surface area contributed by atoms with Crippen LogP contribution in [0, 0.1) is 0 Å². The van der Waals surface area contributed by atoms with Gasteiger partial charge in [0.2, 0.25) is 0 Å². The monoisotopic (exact) mass is 266 g/mol. The maximum atomic E-state index is 8.39. The molecule has 38 valence electrons. The molecule has 0 unspecified atom stereocenters. The fourth-order valence-corrected chi connectivity index (χ4v) is 0.433. The van der Waals surface area contributed by atoms with Crippen LogP contribution in [0.4, 0.5) is 0 Å². The second-order valence-corrected chi connectivity index (χ2v) is 1.96. The summed E-state index contributed by atoms with van der Waals surface area (Å²) in [6, 6.07) is 0. The van der Waals surface area contributed by atoms with Crippen LogP contribution in [0.3, 0.4) is 0 Å². The first-order valence-corrected chi connectivity index (χ1v) is 3.46. The Balaban J connectivity index is 3.46. The number of aliphatic hydroxyl groups excluding tert-OH is 1. The number of rotatable bonds is 2. The molecule has 0 aliphatic heterocycles. The third-order valence-electron chi connectivity index (χ3n) is 0.367. The van der Waals surface area contributed by atoms with Gasteiger partial charge in [-0.05, 0) is 0 Å². The Morgan fingerprint density at radius 3 is 2.43 bits per heavy atom. The summed E-state index contributed by atoms with van der Waals surface area (Å²) in [5, 5.41) is 8.39. The van der Waals surface area contributed by atoms with Crippen molar-refractivity contribution in [1.82, 2.24) is 0 Å². The van der Waals surface area contributed by atoms with Gasteiger partial charge in [0.25, 0.3) is 0 Å². The third kappa shape index (κ3) is 5.84. The number of hydrogen-bond donors (Lipinski definition) is 1. The molecule has 0 radical (unpaired) electrons. The minimum absolute atomic E-state index is 0.109. The van der Waals surface area contributed by atoms with Gasteiger partial charge in [-0.25, -0.2) is 0 Å². The van der Waals surface area contributed by atoms with Crippen molar-refractivity contribution in [3.8, 4) is 0 Å². The van der Waals surface area contributed by atoms with Gasteiger partial charge in [0, 0.05) is 0 Å². The summed E-state index contributed by atoms with van der Waals surface area (Å²) >= 11 is 1.37. The average molecular weight is 266 g/mol. The predicted molar refractivity (Wildman–Crippen MR) is 27.0 cm³/mol. The van der Waals surface area contributed by atoms with Crippen LogP contribution in [-0.2, 0) is 19.4 Å². The maximum absolute atomic E-state index is 8.39. The fourth-order valence-electron chi connectivity index (χ4n) is 0.150. The van der Waals surface area contributed by atoms with Crippen molar-refractivity contribution in [2.75, 3.05) is 0 Å². The van der Waals surface area contributed by atoms with E-state index in [2.05, 4.69) is 6.58 Å². The Labute approximate surface area is 53.8 Å². The first-order chi connectivity index (χ1) is 3.27. The molecule has 1 nitrogen and oxygen atoms in total. The fraction of sp³-hybridized carbons (Fsp3) is 0. The molecule has 0 saturated heterocycles. The molecule has 0 fully saturated rings. The normalized spacial score (nSPS) is 9.14. The van der Waals surface area contributed by atoms with E-state index in [4.69, 9.17) is 5.11 Å². The van der Waals surface area contributed by atoms with Crippen molar-refractivity contribution in [2.45, 2.75) is 0 Å². The standard InChI is InChI=1S/C5H6O.W/c1-3-4-5(2)6;/h1,3-4,6H,2H2;. The van der Waals surface area contributed by atoms with E-state index in [1.165, 1.54) is 19.4 Å². The van der Waals surface area contributed by atoms with Crippen molar-refractivity contribution in [2.24, 2.45) is 0 Å². The molecule has 2 heteroatoms. The Morgan fingerprint density at radius 2 is 2.29 bits per heavy atom. The number of hydrogen-bond acceptors (Lipinski definition) is 1. The molecule has 0 saturated carbocycles. The van der Waals surface area contributed by atoms with Crippen LogP contribution in [0.2, 0.25) is 0 Å². The van der Waals surface area contributed by atoms with Gasteiger partial charge in [-0.2, -0.15) is 0 Å². The SMILES string of the molecule is C=C(O)C=C[CH]=[W]. The van der Waals surface area contributed by atoms with E-state index in [0.29, 0.717) is 0 Å². The third-order valence-corrected chi connectivity index (χ3v) is 0.932. The minimum atomic E-state index is 0.109. The molecule has 0 aromatic carbocycles. The predicted octanol–water partition coefficient (Wildman–Crippen LogP) is 0.963. The van der Waals surface area contributed by atoms with E-state index in [9.17, 15) is 0 Å². The van der Waals surface area contributed by atoms with Gasteiger partial charge >= 0.3 is 53.4 Å². The van der Waals surface area contributed by atoms with Gasteiger partial charge in [-0.3, -0.25) is 0 Å².